The molecule has 0 bridgehead atoms. The summed E-state index contributed by atoms with van der Waals surface area (Å²) in [6.45, 7) is 0. The molecule has 0 saturated heterocycles. The Bertz CT molecular complexity index is 1040. The maximum atomic E-state index is 11.4. The van der Waals surface area contributed by atoms with Crippen molar-refractivity contribution < 1.29 is 4.79 Å². The van der Waals surface area contributed by atoms with Crippen LogP contribution in [0.3, 0.4) is 0 Å². The summed E-state index contributed by atoms with van der Waals surface area (Å²) in [4.78, 5) is 19.9. The number of carbonyl (C=O) groups is 1. The summed E-state index contributed by atoms with van der Waals surface area (Å²) < 4.78 is 1.99. The number of nitrogens with two attached hydrogens (primary N) is 1. The first kappa shape index (κ1) is 14.1. The summed E-state index contributed by atoms with van der Waals surface area (Å²) in [7, 11) is 0. The van der Waals surface area contributed by atoms with Gasteiger partial charge in [-0.3, -0.25) is 14.2 Å². The molecule has 1 aromatic carbocycles. The van der Waals surface area contributed by atoms with Crippen molar-refractivity contribution in [3.05, 3.63) is 78.9 Å². The van der Waals surface area contributed by atoms with Crippen molar-refractivity contribution >= 4 is 11.6 Å². The lowest BCUT2D eigenvalue weighted by molar-refractivity contribution is 0.100. The Hall–Kier alpha value is -3.47. The van der Waals surface area contributed by atoms with E-state index in [0.717, 1.165) is 28.0 Å². The Balaban J connectivity index is 1.81. The fraction of sp³-hybridized carbons (Fsp3) is 0. The summed E-state index contributed by atoms with van der Waals surface area (Å²) in [5.74, 6) is -0.439. The standard InChI is InChI=1S/C19H14N4O/c20-19(24)16-3-1-2-15(10-16)17-12-22-18-11-14(6-9-23(17)18)13-4-7-21-8-5-13/h1-12H,(H2,20,24). The second-order valence-electron chi connectivity index (χ2n) is 5.47. The highest BCUT2D eigenvalue weighted by atomic mass is 16.1. The second-order valence-corrected chi connectivity index (χ2v) is 5.47. The van der Waals surface area contributed by atoms with Gasteiger partial charge in [0.05, 0.1) is 11.9 Å². The molecule has 5 heteroatoms. The Morgan fingerprint density at radius 1 is 0.958 bits per heavy atom. The molecule has 116 valence electrons. The van der Waals surface area contributed by atoms with Crippen LogP contribution in [-0.4, -0.2) is 20.3 Å². The van der Waals surface area contributed by atoms with Crippen LogP contribution >= 0.6 is 0 Å². The molecule has 3 aromatic heterocycles. The molecule has 0 radical (unpaired) electrons. The number of amides is 1. The number of benzene rings is 1. The first-order valence-electron chi connectivity index (χ1n) is 7.50. The van der Waals surface area contributed by atoms with Gasteiger partial charge in [0, 0.05) is 29.7 Å². The largest absolute Gasteiger partial charge is 0.366 e. The van der Waals surface area contributed by atoms with Crippen LogP contribution in [0.2, 0.25) is 0 Å². The summed E-state index contributed by atoms with van der Waals surface area (Å²) >= 11 is 0. The van der Waals surface area contributed by atoms with Crippen molar-refractivity contribution in [2.24, 2.45) is 5.73 Å². The van der Waals surface area contributed by atoms with E-state index < -0.39 is 5.91 Å². The molecule has 0 spiro atoms. The number of rotatable bonds is 3. The number of hydrogen-bond acceptors (Lipinski definition) is 3. The van der Waals surface area contributed by atoms with Gasteiger partial charge in [-0.25, -0.2) is 4.98 Å². The molecule has 4 rings (SSSR count). The van der Waals surface area contributed by atoms with Crippen molar-refractivity contribution in [1.29, 1.82) is 0 Å². The van der Waals surface area contributed by atoms with Gasteiger partial charge in [0.1, 0.15) is 5.65 Å². The molecule has 0 aliphatic heterocycles. The maximum Gasteiger partial charge on any atom is 0.248 e. The van der Waals surface area contributed by atoms with Crippen LogP contribution in [0.15, 0.2) is 73.3 Å². The molecule has 0 unspecified atom stereocenters. The van der Waals surface area contributed by atoms with Gasteiger partial charge < -0.3 is 5.73 Å². The van der Waals surface area contributed by atoms with Crippen LogP contribution in [0, 0.1) is 0 Å². The molecule has 5 nitrogen and oxygen atoms in total. The van der Waals surface area contributed by atoms with E-state index in [-0.39, 0.29) is 0 Å². The summed E-state index contributed by atoms with van der Waals surface area (Å²) in [5, 5.41) is 0. The third kappa shape index (κ3) is 2.42. The predicted octanol–water partition coefficient (Wildman–Crippen LogP) is 3.16. The monoisotopic (exact) mass is 314 g/mol. The normalized spacial score (nSPS) is 10.8. The molecule has 0 saturated carbocycles. The summed E-state index contributed by atoms with van der Waals surface area (Å²) in [6.07, 6.45) is 7.31. The maximum absolute atomic E-state index is 11.4. The fourth-order valence-corrected chi connectivity index (χ4v) is 2.75. The molecule has 0 atom stereocenters. The average Bonchev–Trinajstić information content (AvgIpc) is 3.05. The highest BCUT2D eigenvalue weighted by Gasteiger charge is 2.09. The quantitative estimate of drug-likeness (QED) is 0.631. The van der Waals surface area contributed by atoms with Gasteiger partial charge >= 0.3 is 0 Å². The Morgan fingerprint density at radius 3 is 2.58 bits per heavy atom. The zero-order valence-corrected chi connectivity index (χ0v) is 12.8. The van der Waals surface area contributed by atoms with E-state index in [4.69, 9.17) is 5.73 Å². The Labute approximate surface area is 138 Å². The first-order valence-corrected chi connectivity index (χ1v) is 7.50. The van der Waals surface area contributed by atoms with Crippen LogP contribution < -0.4 is 5.73 Å². The van der Waals surface area contributed by atoms with Crippen LogP contribution in [0.1, 0.15) is 10.4 Å². The van der Waals surface area contributed by atoms with Gasteiger partial charge in [0.2, 0.25) is 5.91 Å². The molecule has 1 amide bonds. The van der Waals surface area contributed by atoms with Gasteiger partial charge in [-0.05, 0) is 47.5 Å². The van der Waals surface area contributed by atoms with Crippen molar-refractivity contribution in [3.63, 3.8) is 0 Å². The predicted molar refractivity (Wildman–Crippen MR) is 92.4 cm³/mol. The average molecular weight is 314 g/mol. The molecule has 3 heterocycles. The minimum atomic E-state index is -0.439. The fourth-order valence-electron chi connectivity index (χ4n) is 2.75. The molecule has 2 N–H and O–H groups in total. The lowest BCUT2D eigenvalue weighted by Crippen LogP contribution is -2.10. The topological polar surface area (TPSA) is 73.3 Å². The molecule has 0 aliphatic carbocycles. The van der Waals surface area contributed by atoms with Crippen molar-refractivity contribution in [2.75, 3.05) is 0 Å². The van der Waals surface area contributed by atoms with Crippen molar-refractivity contribution in [3.8, 4) is 22.4 Å². The zero-order valence-electron chi connectivity index (χ0n) is 12.8. The number of carbonyl (C=O) groups excluding carboxylic acids is 1. The van der Waals surface area contributed by atoms with Gasteiger partial charge in [-0.2, -0.15) is 0 Å². The third-order valence-electron chi connectivity index (χ3n) is 3.97. The molecule has 0 aliphatic rings. The third-order valence-corrected chi connectivity index (χ3v) is 3.97. The van der Waals surface area contributed by atoms with Crippen molar-refractivity contribution in [1.82, 2.24) is 14.4 Å². The lowest BCUT2D eigenvalue weighted by atomic mass is 10.1. The molecule has 4 aromatic rings. The number of imidazole rings is 1. The number of hydrogen-bond donors (Lipinski definition) is 1. The van der Waals surface area contributed by atoms with Gasteiger partial charge in [-0.1, -0.05) is 12.1 Å². The van der Waals surface area contributed by atoms with Gasteiger partial charge in [0.15, 0.2) is 0 Å². The molecular weight excluding hydrogens is 300 g/mol. The number of pyridine rings is 2. The highest BCUT2D eigenvalue weighted by Crippen LogP contribution is 2.25. The van der Waals surface area contributed by atoms with E-state index in [0.29, 0.717) is 5.56 Å². The van der Waals surface area contributed by atoms with E-state index in [1.54, 1.807) is 30.7 Å². The van der Waals surface area contributed by atoms with Gasteiger partial charge in [0.25, 0.3) is 0 Å². The van der Waals surface area contributed by atoms with Crippen molar-refractivity contribution in [2.45, 2.75) is 0 Å². The van der Waals surface area contributed by atoms with E-state index >= 15 is 0 Å². The SMILES string of the molecule is NC(=O)c1cccc(-c2cnc3cc(-c4ccncc4)ccn23)c1. The second kappa shape index (κ2) is 5.62. The Morgan fingerprint density at radius 2 is 1.79 bits per heavy atom. The number of primary amides is 1. The van der Waals surface area contributed by atoms with Crippen LogP contribution in [0.5, 0.6) is 0 Å². The van der Waals surface area contributed by atoms with Crippen LogP contribution in [0.25, 0.3) is 28.0 Å². The summed E-state index contributed by atoms with van der Waals surface area (Å²) in [6, 6.07) is 15.2. The zero-order chi connectivity index (χ0) is 16.5. The number of aromatic nitrogens is 3. The van der Waals surface area contributed by atoms with E-state index in [1.807, 2.05) is 47.0 Å². The molecule has 24 heavy (non-hydrogen) atoms. The van der Waals surface area contributed by atoms with Crippen LogP contribution in [0.4, 0.5) is 0 Å². The smallest absolute Gasteiger partial charge is 0.248 e. The minimum Gasteiger partial charge on any atom is -0.366 e. The molecule has 0 fully saturated rings. The van der Waals surface area contributed by atoms with E-state index in [2.05, 4.69) is 9.97 Å². The van der Waals surface area contributed by atoms with Crippen LogP contribution in [-0.2, 0) is 0 Å². The minimum absolute atomic E-state index is 0.439. The number of nitrogens with zero attached hydrogens (tertiary/aromatic N) is 3. The first-order chi connectivity index (χ1) is 11.7. The Kier molecular flexibility index (Phi) is 3.31. The van der Waals surface area contributed by atoms with E-state index in [1.165, 1.54) is 0 Å². The molecular formula is C19H14N4O. The highest BCUT2D eigenvalue weighted by molar-refractivity contribution is 5.94. The number of fused-ring (bicyclic) bond motifs is 1. The van der Waals surface area contributed by atoms with E-state index in [9.17, 15) is 4.79 Å². The summed E-state index contributed by atoms with van der Waals surface area (Å²) in [5.41, 5.74) is 10.7. The van der Waals surface area contributed by atoms with Gasteiger partial charge in [-0.15, -0.1) is 0 Å². The lowest BCUT2D eigenvalue weighted by Gasteiger charge is -2.06.